The number of thiophene rings is 1. The molecule has 7 aromatic carbocycles. The second-order valence-electron chi connectivity index (χ2n) is 9.68. The van der Waals surface area contributed by atoms with Crippen molar-refractivity contribution in [2.75, 3.05) is 0 Å². The maximum Gasteiger partial charge on any atom is 0.0434 e. The van der Waals surface area contributed by atoms with E-state index < -0.39 is 0 Å². The van der Waals surface area contributed by atoms with Crippen molar-refractivity contribution in [3.8, 4) is 22.3 Å². The maximum atomic E-state index is 2.40. The van der Waals surface area contributed by atoms with Crippen LogP contribution in [0.25, 0.3) is 74.7 Å². The van der Waals surface area contributed by atoms with Gasteiger partial charge in [-0.2, -0.15) is 0 Å². The van der Waals surface area contributed by atoms with Gasteiger partial charge in [-0.3, -0.25) is 0 Å². The fourth-order valence-corrected chi connectivity index (χ4v) is 7.23. The van der Waals surface area contributed by atoms with Crippen LogP contribution in [0.3, 0.4) is 0 Å². The quantitative estimate of drug-likeness (QED) is 0.213. The van der Waals surface area contributed by atoms with Crippen LogP contribution in [0, 0.1) is 0 Å². The molecule has 172 valence electrons. The molecule has 8 aromatic rings. The summed E-state index contributed by atoms with van der Waals surface area (Å²) in [6.07, 6.45) is 0. The Kier molecular flexibility index (Phi) is 4.49. The number of rotatable bonds is 2. The van der Waals surface area contributed by atoms with E-state index in [1.165, 1.54) is 74.7 Å². The van der Waals surface area contributed by atoms with Gasteiger partial charge in [-0.05, 0) is 61.1 Å². The lowest BCUT2D eigenvalue weighted by Crippen LogP contribution is -1.88. The molecule has 0 aliphatic heterocycles. The summed E-state index contributed by atoms with van der Waals surface area (Å²) in [6.45, 7) is 0. The average molecular weight is 487 g/mol. The predicted molar refractivity (Wildman–Crippen MR) is 163 cm³/mol. The van der Waals surface area contributed by atoms with Gasteiger partial charge in [0.2, 0.25) is 0 Å². The van der Waals surface area contributed by atoms with Crippen molar-refractivity contribution in [3.63, 3.8) is 0 Å². The molecule has 37 heavy (non-hydrogen) atoms. The zero-order valence-corrected chi connectivity index (χ0v) is 20.9. The lowest BCUT2D eigenvalue weighted by Gasteiger charge is -2.14. The summed E-state index contributed by atoms with van der Waals surface area (Å²) >= 11 is 1.89. The minimum Gasteiger partial charge on any atom is -0.135 e. The summed E-state index contributed by atoms with van der Waals surface area (Å²) < 4.78 is 2.69. The lowest BCUT2D eigenvalue weighted by molar-refractivity contribution is 1.63. The zero-order valence-electron chi connectivity index (χ0n) is 20.1. The molecule has 1 heteroatoms. The van der Waals surface area contributed by atoms with Gasteiger partial charge < -0.3 is 0 Å². The van der Waals surface area contributed by atoms with Crippen LogP contribution in [0.2, 0.25) is 0 Å². The van der Waals surface area contributed by atoms with Gasteiger partial charge in [0.15, 0.2) is 0 Å². The fraction of sp³-hybridized carbons (Fsp3) is 0. The Morgan fingerprint density at radius 1 is 0.324 bits per heavy atom. The van der Waals surface area contributed by atoms with Crippen molar-refractivity contribution in [1.82, 2.24) is 0 Å². The Labute approximate surface area is 219 Å². The molecule has 0 bridgehead atoms. The summed E-state index contributed by atoms with van der Waals surface area (Å²) in [6, 6.07) is 48.9. The molecule has 0 N–H and O–H groups in total. The molecule has 8 rings (SSSR count). The lowest BCUT2D eigenvalue weighted by atomic mass is 9.89. The molecule has 0 aliphatic carbocycles. The van der Waals surface area contributed by atoms with Gasteiger partial charge in [0.05, 0.1) is 0 Å². The predicted octanol–water partition coefficient (Wildman–Crippen LogP) is 10.8. The minimum absolute atomic E-state index is 1.25. The highest BCUT2D eigenvalue weighted by Crippen LogP contribution is 2.43. The summed E-state index contributed by atoms with van der Waals surface area (Å²) in [4.78, 5) is 0. The molecule has 0 saturated carbocycles. The first-order valence-electron chi connectivity index (χ1n) is 12.7. The van der Waals surface area contributed by atoms with Gasteiger partial charge in [0, 0.05) is 25.7 Å². The van der Waals surface area contributed by atoms with Crippen molar-refractivity contribution in [1.29, 1.82) is 0 Å². The summed E-state index contributed by atoms with van der Waals surface area (Å²) in [7, 11) is 0. The second-order valence-corrected chi connectivity index (χ2v) is 10.7. The second kappa shape index (κ2) is 8.03. The molecule has 0 spiro atoms. The largest absolute Gasteiger partial charge is 0.135 e. The first-order chi connectivity index (χ1) is 18.4. The van der Waals surface area contributed by atoms with Gasteiger partial charge in [-0.15, -0.1) is 11.3 Å². The van der Waals surface area contributed by atoms with Crippen molar-refractivity contribution in [2.24, 2.45) is 0 Å². The molecule has 0 fully saturated rings. The SMILES string of the molecule is c1ccc(-c2cccc3c2sc2ccccc23)c(-c2ccc3c4ccccc4c4ccccc4c3c2)c1. The van der Waals surface area contributed by atoms with E-state index in [9.17, 15) is 0 Å². The third-order valence-electron chi connectivity index (χ3n) is 7.68. The van der Waals surface area contributed by atoms with Gasteiger partial charge in [-0.1, -0.05) is 121 Å². The van der Waals surface area contributed by atoms with Gasteiger partial charge >= 0.3 is 0 Å². The Bertz CT molecular complexity index is 2110. The topological polar surface area (TPSA) is 0 Å². The van der Waals surface area contributed by atoms with E-state index in [2.05, 4.69) is 133 Å². The van der Waals surface area contributed by atoms with Crippen LogP contribution < -0.4 is 0 Å². The van der Waals surface area contributed by atoms with Crippen LogP contribution in [0.1, 0.15) is 0 Å². The van der Waals surface area contributed by atoms with Gasteiger partial charge in [0.1, 0.15) is 0 Å². The average Bonchev–Trinajstić information content (AvgIpc) is 3.36. The molecule has 0 radical (unpaired) electrons. The van der Waals surface area contributed by atoms with Crippen LogP contribution in [0.5, 0.6) is 0 Å². The highest BCUT2D eigenvalue weighted by atomic mass is 32.1. The first-order valence-corrected chi connectivity index (χ1v) is 13.5. The number of hydrogen-bond donors (Lipinski definition) is 0. The van der Waals surface area contributed by atoms with Crippen LogP contribution >= 0.6 is 11.3 Å². The molecule has 0 saturated heterocycles. The highest BCUT2D eigenvalue weighted by molar-refractivity contribution is 7.26. The fourth-order valence-electron chi connectivity index (χ4n) is 6.00. The van der Waals surface area contributed by atoms with E-state index in [0.29, 0.717) is 0 Å². The molecule has 0 nitrogen and oxygen atoms in total. The van der Waals surface area contributed by atoms with Crippen molar-refractivity contribution in [2.45, 2.75) is 0 Å². The normalized spacial score (nSPS) is 11.8. The van der Waals surface area contributed by atoms with Gasteiger partial charge in [-0.25, -0.2) is 0 Å². The van der Waals surface area contributed by atoms with Gasteiger partial charge in [0.25, 0.3) is 0 Å². The van der Waals surface area contributed by atoms with Crippen LogP contribution in [-0.4, -0.2) is 0 Å². The molecule has 0 aliphatic rings. The first kappa shape index (κ1) is 20.7. The van der Waals surface area contributed by atoms with E-state index in [-0.39, 0.29) is 0 Å². The molecule has 0 amide bonds. The van der Waals surface area contributed by atoms with Crippen LogP contribution in [0.15, 0.2) is 133 Å². The molecular weight excluding hydrogens is 464 g/mol. The van der Waals surface area contributed by atoms with Crippen molar-refractivity contribution >= 4 is 63.8 Å². The Morgan fingerprint density at radius 3 is 1.57 bits per heavy atom. The van der Waals surface area contributed by atoms with Crippen LogP contribution in [-0.2, 0) is 0 Å². The standard InChI is InChI=1S/C36H22S/c1-2-11-25(32-17-9-18-33-31-16-7-8-19-35(31)37-36(32)33)24(10-1)23-20-21-30-28-14-4-3-12-26(28)27-13-5-6-15-29(27)34(30)22-23/h1-22H. The van der Waals surface area contributed by atoms with E-state index in [1.54, 1.807) is 0 Å². The molecule has 0 unspecified atom stereocenters. The van der Waals surface area contributed by atoms with Crippen molar-refractivity contribution in [3.05, 3.63) is 133 Å². The smallest absolute Gasteiger partial charge is 0.0434 e. The zero-order chi connectivity index (χ0) is 24.3. The summed E-state index contributed by atoms with van der Waals surface area (Å²) in [5.74, 6) is 0. The molecule has 1 aromatic heterocycles. The Morgan fingerprint density at radius 2 is 0.838 bits per heavy atom. The van der Waals surface area contributed by atoms with E-state index in [1.807, 2.05) is 11.3 Å². The Balaban J connectivity index is 1.42. The molecule has 0 atom stereocenters. The van der Waals surface area contributed by atoms with Crippen molar-refractivity contribution < 1.29 is 0 Å². The third kappa shape index (κ3) is 3.08. The third-order valence-corrected chi connectivity index (χ3v) is 8.90. The Hall–Kier alpha value is -4.46. The van der Waals surface area contributed by atoms with Crippen LogP contribution in [0.4, 0.5) is 0 Å². The number of benzene rings is 7. The summed E-state index contributed by atoms with van der Waals surface area (Å²) in [5, 5.41) is 10.5. The van der Waals surface area contributed by atoms with E-state index in [0.717, 1.165) is 0 Å². The minimum atomic E-state index is 1.25. The van der Waals surface area contributed by atoms with E-state index in [4.69, 9.17) is 0 Å². The maximum absolute atomic E-state index is 2.40. The highest BCUT2D eigenvalue weighted by Gasteiger charge is 2.15. The summed E-state index contributed by atoms with van der Waals surface area (Å²) in [5.41, 5.74) is 5.11. The number of fused-ring (bicyclic) bond motifs is 9. The molecular formula is C36H22S. The number of hydrogen-bond acceptors (Lipinski definition) is 1. The van der Waals surface area contributed by atoms with E-state index >= 15 is 0 Å². The molecule has 1 heterocycles. The monoisotopic (exact) mass is 486 g/mol.